The molecule has 0 radical (unpaired) electrons. The Kier molecular flexibility index (Phi) is 4.96. The first-order valence-electron chi connectivity index (χ1n) is 8.22. The Bertz CT molecular complexity index is 1140. The summed E-state index contributed by atoms with van der Waals surface area (Å²) in [5, 5.41) is 9.30. The minimum absolute atomic E-state index is 0.298. The van der Waals surface area contributed by atoms with Crippen LogP contribution in [0, 0.1) is 0 Å². The molecule has 27 heavy (non-hydrogen) atoms. The van der Waals surface area contributed by atoms with E-state index in [0.717, 1.165) is 22.0 Å². The molecule has 0 unspecified atom stereocenters. The lowest BCUT2D eigenvalue weighted by atomic mass is 10.0. The fourth-order valence-corrected chi connectivity index (χ4v) is 3.59. The number of thiophene rings is 1. The zero-order chi connectivity index (χ0) is 18.6. The molecule has 2 heterocycles. The van der Waals surface area contributed by atoms with Crippen molar-refractivity contribution in [3.05, 3.63) is 87.6 Å². The van der Waals surface area contributed by atoms with Gasteiger partial charge in [-0.25, -0.2) is 10.4 Å². The molecule has 0 aliphatic heterocycles. The Labute approximate surface area is 165 Å². The number of pyridine rings is 1. The van der Waals surface area contributed by atoms with Gasteiger partial charge in [-0.2, -0.15) is 16.4 Å². The highest BCUT2D eigenvalue weighted by molar-refractivity contribution is 7.08. The molecule has 1 N–H and O–H groups in total. The summed E-state index contributed by atoms with van der Waals surface area (Å²) in [5.74, 6) is -0.298. The van der Waals surface area contributed by atoms with E-state index in [0.29, 0.717) is 16.3 Å². The van der Waals surface area contributed by atoms with Crippen molar-refractivity contribution in [2.24, 2.45) is 5.10 Å². The van der Waals surface area contributed by atoms with Crippen LogP contribution in [-0.2, 0) is 0 Å². The normalized spacial score (nSPS) is 11.1. The van der Waals surface area contributed by atoms with Gasteiger partial charge in [-0.3, -0.25) is 4.79 Å². The molecular weight excluding hydrogens is 378 g/mol. The van der Waals surface area contributed by atoms with Gasteiger partial charge < -0.3 is 0 Å². The smallest absolute Gasteiger partial charge is 0.267 e. The molecular formula is C21H14ClN3OS. The lowest BCUT2D eigenvalue weighted by Gasteiger charge is -2.10. The molecule has 0 aliphatic carbocycles. The zero-order valence-corrected chi connectivity index (χ0v) is 15.7. The van der Waals surface area contributed by atoms with Crippen molar-refractivity contribution in [3.63, 3.8) is 0 Å². The fraction of sp³-hybridized carbons (Fsp3) is 0. The van der Waals surface area contributed by atoms with Crippen molar-refractivity contribution in [2.75, 3.05) is 0 Å². The van der Waals surface area contributed by atoms with E-state index in [4.69, 9.17) is 11.6 Å². The van der Waals surface area contributed by atoms with Gasteiger partial charge in [0.1, 0.15) is 0 Å². The van der Waals surface area contributed by atoms with Gasteiger partial charge in [0.25, 0.3) is 5.91 Å². The van der Waals surface area contributed by atoms with Crippen LogP contribution >= 0.6 is 22.9 Å². The molecule has 0 atom stereocenters. The zero-order valence-electron chi connectivity index (χ0n) is 14.1. The Hall–Kier alpha value is -3.02. The van der Waals surface area contributed by atoms with E-state index in [1.165, 1.54) is 0 Å². The number of hydrogen-bond acceptors (Lipinski definition) is 4. The van der Waals surface area contributed by atoms with E-state index in [2.05, 4.69) is 15.5 Å². The molecule has 6 heteroatoms. The summed E-state index contributed by atoms with van der Waals surface area (Å²) in [4.78, 5) is 17.4. The number of hydrogen-bond donors (Lipinski definition) is 1. The summed E-state index contributed by atoms with van der Waals surface area (Å²) < 4.78 is 0. The third kappa shape index (κ3) is 3.74. The van der Waals surface area contributed by atoms with E-state index in [1.54, 1.807) is 29.7 Å². The molecule has 2 aromatic heterocycles. The third-order valence-electron chi connectivity index (χ3n) is 4.03. The second-order valence-electron chi connectivity index (χ2n) is 5.81. The molecule has 2 aromatic carbocycles. The number of para-hydroxylation sites is 1. The number of nitrogens with zero attached hydrogens (tertiary/aromatic N) is 2. The predicted octanol–water partition coefficient (Wildman–Crippen LogP) is 5.38. The van der Waals surface area contributed by atoms with Crippen LogP contribution in [0.3, 0.4) is 0 Å². The first kappa shape index (κ1) is 17.4. The number of carbonyl (C=O) groups is 1. The first-order chi connectivity index (χ1) is 13.2. The van der Waals surface area contributed by atoms with Gasteiger partial charge in [0.2, 0.25) is 0 Å². The maximum atomic E-state index is 12.8. The largest absolute Gasteiger partial charge is 0.272 e. The van der Waals surface area contributed by atoms with Gasteiger partial charge >= 0.3 is 0 Å². The van der Waals surface area contributed by atoms with Gasteiger partial charge in [0.05, 0.1) is 23.0 Å². The van der Waals surface area contributed by atoms with E-state index in [9.17, 15) is 4.79 Å². The van der Waals surface area contributed by atoms with Gasteiger partial charge in [-0.15, -0.1) is 0 Å². The fourth-order valence-electron chi connectivity index (χ4n) is 2.74. The van der Waals surface area contributed by atoms with Crippen LogP contribution in [0.5, 0.6) is 0 Å². The standard InChI is InChI=1S/C21H14ClN3OS/c22-18-7-3-1-6-16(18)20-11-17(15-5-2-4-8-19(15)24-20)21(26)25-23-12-14-9-10-27-13-14/h1-13H,(H,25,26)/b23-12+. The van der Waals surface area contributed by atoms with Gasteiger partial charge in [0, 0.05) is 21.5 Å². The molecule has 0 saturated heterocycles. The second kappa shape index (κ2) is 7.70. The summed E-state index contributed by atoms with van der Waals surface area (Å²) in [6.07, 6.45) is 1.62. The Morgan fingerprint density at radius 3 is 2.74 bits per heavy atom. The summed E-state index contributed by atoms with van der Waals surface area (Å²) in [5.41, 5.74) is 6.18. The number of carbonyl (C=O) groups excluding carboxylic acids is 1. The maximum absolute atomic E-state index is 12.8. The molecule has 0 spiro atoms. The minimum atomic E-state index is -0.298. The molecule has 0 saturated carbocycles. The first-order valence-corrected chi connectivity index (χ1v) is 9.55. The summed E-state index contributed by atoms with van der Waals surface area (Å²) in [7, 11) is 0. The van der Waals surface area contributed by atoms with E-state index in [1.807, 2.05) is 59.3 Å². The van der Waals surface area contributed by atoms with Crippen LogP contribution in [0.1, 0.15) is 15.9 Å². The number of rotatable bonds is 4. The molecule has 4 nitrogen and oxygen atoms in total. The average Bonchev–Trinajstić information content (AvgIpc) is 3.21. The molecule has 4 aromatic rings. The SMILES string of the molecule is O=C(N/N=C/c1ccsc1)c1cc(-c2ccccc2Cl)nc2ccccc12. The van der Waals surface area contributed by atoms with Gasteiger partial charge in [0.15, 0.2) is 0 Å². The molecule has 132 valence electrons. The number of aromatic nitrogens is 1. The van der Waals surface area contributed by atoms with Crippen molar-refractivity contribution >= 4 is 46.0 Å². The maximum Gasteiger partial charge on any atom is 0.272 e. The Morgan fingerprint density at radius 2 is 1.93 bits per heavy atom. The Balaban J connectivity index is 1.74. The number of amides is 1. The van der Waals surface area contributed by atoms with Crippen molar-refractivity contribution in [1.29, 1.82) is 0 Å². The lowest BCUT2D eigenvalue weighted by molar-refractivity contribution is 0.0957. The average molecular weight is 392 g/mol. The second-order valence-corrected chi connectivity index (χ2v) is 7.00. The number of halogens is 1. The van der Waals surface area contributed by atoms with Gasteiger partial charge in [-0.05, 0) is 35.0 Å². The van der Waals surface area contributed by atoms with E-state index < -0.39 is 0 Å². The highest BCUT2D eigenvalue weighted by Crippen LogP contribution is 2.29. The molecule has 0 aliphatic rings. The highest BCUT2D eigenvalue weighted by atomic mass is 35.5. The molecule has 1 amide bonds. The van der Waals surface area contributed by atoms with Crippen molar-refractivity contribution in [3.8, 4) is 11.3 Å². The van der Waals surface area contributed by atoms with Crippen LogP contribution < -0.4 is 5.43 Å². The molecule has 0 bridgehead atoms. The van der Waals surface area contributed by atoms with Crippen molar-refractivity contribution in [1.82, 2.24) is 10.4 Å². The number of hydrazone groups is 1. The summed E-state index contributed by atoms with van der Waals surface area (Å²) in [6, 6.07) is 18.6. The molecule has 4 rings (SSSR count). The Morgan fingerprint density at radius 1 is 1.11 bits per heavy atom. The topological polar surface area (TPSA) is 54.4 Å². The predicted molar refractivity (Wildman–Crippen MR) is 112 cm³/mol. The quantitative estimate of drug-likeness (QED) is 0.375. The summed E-state index contributed by atoms with van der Waals surface area (Å²) in [6.45, 7) is 0. The summed E-state index contributed by atoms with van der Waals surface area (Å²) >= 11 is 7.89. The van der Waals surface area contributed by atoms with Crippen molar-refractivity contribution in [2.45, 2.75) is 0 Å². The van der Waals surface area contributed by atoms with Crippen LogP contribution in [0.2, 0.25) is 5.02 Å². The lowest BCUT2D eigenvalue weighted by Crippen LogP contribution is -2.18. The molecule has 0 fully saturated rings. The number of fused-ring (bicyclic) bond motifs is 1. The van der Waals surface area contributed by atoms with E-state index >= 15 is 0 Å². The van der Waals surface area contributed by atoms with Gasteiger partial charge in [-0.1, -0.05) is 48.0 Å². The van der Waals surface area contributed by atoms with Crippen LogP contribution in [0.4, 0.5) is 0 Å². The number of nitrogens with one attached hydrogen (secondary N) is 1. The van der Waals surface area contributed by atoms with E-state index in [-0.39, 0.29) is 5.91 Å². The highest BCUT2D eigenvalue weighted by Gasteiger charge is 2.14. The van der Waals surface area contributed by atoms with Crippen LogP contribution in [0.25, 0.3) is 22.2 Å². The van der Waals surface area contributed by atoms with Crippen molar-refractivity contribution < 1.29 is 4.79 Å². The monoisotopic (exact) mass is 391 g/mol. The third-order valence-corrected chi connectivity index (χ3v) is 5.06. The van der Waals surface area contributed by atoms with Crippen LogP contribution in [0.15, 0.2) is 76.5 Å². The number of benzene rings is 2. The van der Waals surface area contributed by atoms with Crippen LogP contribution in [-0.4, -0.2) is 17.1 Å². The minimum Gasteiger partial charge on any atom is -0.267 e.